The standard InChI is InChI=1S/C36H67NO6S/c1-3-5-7-9-11-13-15-16-17-18-19-21-22-24-26-28-30-34(38)33(32-44(41,42)43)37-36(40)35(39)31-29-27-25-23-20-14-12-10-8-6-4-2/h12,14,21-22,28,30,33-35,38-39H,3-11,13,15-20,23-27,29,31-32H2,1-2H3,(H,37,40)(H,41,42,43)/b14-12-,22-21+,30-28+. The van der Waals surface area contributed by atoms with Crippen LogP contribution in [0.3, 0.4) is 0 Å². The number of aliphatic hydroxyl groups excluding tert-OH is 2. The monoisotopic (exact) mass is 641 g/mol. The summed E-state index contributed by atoms with van der Waals surface area (Å²) in [4.78, 5) is 12.5. The second-order valence-electron chi connectivity index (χ2n) is 12.3. The Morgan fingerprint density at radius 2 is 1.02 bits per heavy atom. The molecule has 4 N–H and O–H groups in total. The fraction of sp³-hybridized carbons (Fsp3) is 0.806. The SMILES string of the molecule is CCCCC/C=C\CCCCCCC(O)C(=O)NC(CS(=O)(=O)O)C(O)/C=C/CC/C=C/CCCCCCCCCCCC. The Hall–Kier alpha value is -1.48. The molecule has 0 aromatic carbocycles. The van der Waals surface area contributed by atoms with E-state index < -0.39 is 40.0 Å². The van der Waals surface area contributed by atoms with E-state index in [1.807, 2.05) is 0 Å². The highest BCUT2D eigenvalue weighted by Gasteiger charge is 2.27. The van der Waals surface area contributed by atoms with Crippen LogP contribution in [0.2, 0.25) is 0 Å². The molecular formula is C36H67NO6S. The number of aliphatic hydroxyl groups is 2. The van der Waals surface area contributed by atoms with Crippen molar-refractivity contribution in [1.29, 1.82) is 0 Å². The van der Waals surface area contributed by atoms with Crippen molar-refractivity contribution in [1.82, 2.24) is 5.32 Å². The van der Waals surface area contributed by atoms with Crippen molar-refractivity contribution >= 4 is 16.0 Å². The Labute approximate surface area is 270 Å². The van der Waals surface area contributed by atoms with Crippen LogP contribution in [0.5, 0.6) is 0 Å². The van der Waals surface area contributed by atoms with Gasteiger partial charge in [-0.3, -0.25) is 9.35 Å². The smallest absolute Gasteiger partial charge is 0.267 e. The first-order chi connectivity index (χ1) is 21.2. The van der Waals surface area contributed by atoms with Crippen LogP contribution in [0.1, 0.15) is 162 Å². The van der Waals surface area contributed by atoms with Gasteiger partial charge in [-0.25, -0.2) is 0 Å². The van der Waals surface area contributed by atoms with Gasteiger partial charge in [0.2, 0.25) is 5.91 Å². The Morgan fingerprint density at radius 1 is 0.614 bits per heavy atom. The van der Waals surface area contributed by atoms with E-state index in [1.54, 1.807) is 6.08 Å². The highest BCUT2D eigenvalue weighted by molar-refractivity contribution is 7.85. The number of allylic oxidation sites excluding steroid dienone is 5. The molecule has 3 unspecified atom stereocenters. The number of rotatable bonds is 31. The fourth-order valence-corrected chi connectivity index (χ4v) is 5.85. The maximum Gasteiger partial charge on any atom is 0.267 e. The minimum absolute atomic E-state index is 0.259. The number of amides is 1. The molecule has 0 saturated heterocycles. The van der Waals surface area contributed by atoms with Crippen LogP contribution < -0.4 is 5.32 Å². The number of carbonyl (C=O) groups is 1. The van der Waals surface area contributed by atoms with E-state index in [0.29, 0.717) is 12.8 Å². The van der Waals surface area contributed by atoms with Gasteiger partial charge in [-0.05, 0) is 57.8 Å². The lowest BCUT2D eigenvalue weighted by Gasteiger charge is -2.22. The maximum atomic E-state index is 12.5. The molecule has 44 heavy (non-hydrogen) atoms. The highest BCUT2D eigenvalue weighted by Crippen LogP contribution is 2.12. The predicted octanol–water partition coefficient (Wildman–Crippen LogP) is 8.76. The molecule has 0 saturated carbocycles. The third-order valence-corrected chi connectivity index (χ3v) is 8.68. The van der Waals surface area contributed by atoms with Gasteiger partial charge in [0.15, 0.2) is 0 Å². The lowest BCUT2D eigenvalue weighted by Crippen LogP contribution is -2.50. The summed E-state index contributed by atoms with van der Waals surface area (Å²) in [6, 6.07) is -1.25. The molecule has 8 heteroatoms. The summed E-state index contributed by atoms with van der Waals surface area (Å²) in [5.74, 6) is -1.57. The van der Waals surface area contributed by atoms with Crippen LogP contribution in [-0.4, -0.2) is 53.1 Å². The zero-order chi connectivity index (χ0) is 32.7. The molecule has 0 aliphatic heterocycles. The molecule has 3 atom stereocenters. The molecule has 0 aromatic heterocycles. The minimum atomic E-state index is -4.45. The van der Waals surface area contributed by atoms with Crippen molar-refractivity contribution in [2.24, 2.45) is 0 Å². The average molecular weight is 642 g/mol. The molecule has 0 rings (SSSR count). The average Bonchev–Trinajstić information content (AvgIpc) is 2.98. The molecule has 0 fully saturated rings. The fourth-order valence-electron chi connectivity index (χ4n) is 5.11. The van der Waals surface area contributed by atoms with Crippen LogP contribution in [-0.2, 0) is 14.9 Å². The normalized spacial score (nSPS) is 14.6. The van der Waals surface area contributed by atoms with E-state index in [9.17, 15) is 28.0 Å². The van der Waals surface area contributed by atoms with Gasteiger partial charge >= 0.3 is 0 Å². The van der Waals surface area contributed by atoms with Gasteiger partial charge in [0.1, 0.15) is 6.10 Å². The zero-order valence-electron chi connectivity index (χ0n) is 28.1. The number of hydrogen-bond acceptors (Lipinski definition) is 5. The summed E-state index contributed by atoms with van der Waals surface area (Å²) in [6.07, 6.45) is 34.9. The molecule has 0 aromatic rings. The summed E-state index contributed by atoms with van der Waals surface area (Å²) in [5, 5.41) is 23.2. The summed E-state index contributed by atoms with van der Waals surface area (Å²) >= 11 is 0. The predicted molar refractivity (Wildman–Crippen MR) is 185 cm³/mol. The maximum absolute atomic E-state index is 12.5. The van der Waals surface area contributed by atoms with Crippen molar-refractivity contribution in [2.45, 2.75) is 180 Å². The Morgan fingerprint density at radius 3 is 1.55 bits per heavy atom. The third kappa shape index (κ3) is 29.2. The summed E-state index contributed by atoms with van der Waals surface area (Å²) in [7, 11) is -4.45. The summed E-state index contributed by atoms with van der Waals surface area (Å²) in [6.45, 7) is 4.45. The summed E-state index contributed by atoms with van der Waals surface area (Å²) < 4.78 is 32.3. The van der Waals surface area contributed by atoms with E-state index in [4.69, 9.17) is 0 Å². The van der Waals surface area contributed by atoms with Crippen molar-refractivity contribution in [2.75, 3.05) is 5.75 Å². The lowest BCUT2D eigenvalue weighted by molar-refractivity contribution is -0.130. The van der Waals surface area contributed by atoms with Gasteiger partial charge < -0.3 is 15.5 Å². The molecule has 0 radical (unpaired) electrons. The van der Waals surface area contributed by atoms with Crippen LogP contribution >= 0.6 is 0 Å². The molecular weight excluding hydrogens is 574 g/mol. The van der Waals surface area contributed by atoms with E-state index in [0.717, 1.165) is 44.9 Å². The van der Waals surface area contributed by atoms with Crippen molar-refractivity contribution in [3.63, 3.8) is 0 Å². The van der Waals surface area contributed by atoms with Gasteiger partial charge in [-0.1, -0.05) is 140 Å². The van der Waals surface area contributed by atoms with Gasteiger partial charge in [0, 0.05) is 0 Å². The van der Waals surface area contributed by atoms with E-state index in [1.165, 1.54) is 89.5 Å². The van der Waals surface area contributed by atoms with Gasteiger partial charge in [0.25, 0.3) is 10.1 Å². The molecule has 0 aliphatic carbocycles. The first kappa shape index (κ1) is 42.5. The molecule has 0 bridgehead atoms. The van der Waals surface area contributed by atoms with Crippen LogP contribution in [0.25, 0.3) is 0 Å². The van der Waals surface area contributed by atoms with Gasteiger partial charge in [-0.15, -0.1) is 0 Å². The van der Waals surface area contributed by atoms with Crippen LogP contribution in [0.15, 0.2) is 36.5 Å². The van der Waals surface area contributed by atoms with E-state index in [2.05, 4.69) is 43.5 Å². The molecule has 0 heterocycles. The second kappa shape index (κ2) is 30.2. The first-order valence-corrected chi connectivity index (χ1v) is 19.4. The molecule has 7 nitrogen and oxygen atoms in total. The topological polar surface area (TPSA) is 124 Å². The number of hydrogen-bond donors (Lipinski definition) is 4. The number of nitrogens with one attached hydrogen (secondary N) is 1. The van der Waals surface area contributed by atoms with E-state index >= 15 is 0 Å². The highest BCUT2D eigenvalue weighted by atomic mass is 32.2. The molecule has 258 valence electrons. The van der Waals surface area contributed by atoms with Crippen molar-refractivity contribution < 1.29 is 28.0 Å². The van der Waals surface area contributed by atoms with Crippen LogP contribution in [0.4, 0.5) is 0 Å². The Bertz CT molecular complexity index is 855. The first-order valence-electron chi connectivity index (χ1n) is 17.8. The van der Waals surface area contributed by atoms with Gasteiger partial charge in [0.05, 0.1) is 17.9 Å². The van der Waals surface area contributed by atoms with E-state index in [-0.39, 0.29) is 6.42 Å². The quantitative estimate of drug-likeness (QED) is 0.0341. The zero-order valence-corrected chi connectivity index (χ0v) is 29.0. The number of unbranched alkanes of at least 4 members (excludes halogenated alkanes) is 18. The molecule has 0 spiro atoms. The molecule has 0 aliphatic rings. The van der Waals surface area contributed by atoms with Gasteiger partial charge in [-0.2, -0.15) is 8.42 Å². The van der Waals surface area contributed by atoms with Crippen LogP contribution in [0, 0.1) is 0 Å². The lowest BCUT2D eigenvalue weighted by atomic mass is 10.1. The second-order valence-corrected chi connectivity index (χ2v) is 13.8. The summed E-state index contributed by atoms with van der Waals surface area (Å²) in [5.41, 5.74) is 0. The third-order valence-electron chi connectivity index (χ3n) is 7.90. The van der Waals surface area contributed by atoms with Crippen molar-refractivity contribution in [3.8, 4) is 0 Å². The minimum Gasteiger partial charge on any atom is -0.387 e. The number of carbonyl (C=O) groups excluding carboxylic acids is 1. The van der Waals surface area contributed by atoms with Crippen molar-refractivity contribution in [3.05, 3.63) is 36.5 Å². The molecule has 1 amide bonds. The largest absolute Gasteiger partial charge is 0.387 e. The Balaban J connectivity index is 4.22. The Kier molecular flexibility index (Phi) is 29.2.